The molecule has 1 aromatic rings. The molecule has 0 aliphatic carbocycles. The van der Waals surface area contributed by atoms with E-state index in [9.17, 15) is 8.78 Å². The Balaban J connectivity index is 2.90. The van der Waals surface area contributed by atoms with Crippen LogP contribution in [0, 0.1) is 11.6 Å². The average Bonchev–Trinajstić information content (AvgIpc) is 2.09. The smallest absolute Gasteiger partial charge is 0.143 e. The van der Waals surface area contributed by atoms with Crippen molar-refractivity contribution in [3.05, 3.63) is 35.4 Å². The Kier molecular flexibility index (Phi) is 2.79. The van der Waals surface area contributed by atoms with Crippen molar-refractivity contribution in [2.24, 2.45) is 10.9 Å². The van der Waals surface area contributed by atoms with Gasteiger partial charge in [-0.15, -0.1) is 0 Å². The van der Waals surface area contributed by atoms with E-state index in [0.717, 1.165) is 12.1 Å². The Morgan fingerprint density at radius 1 is 1.46 bits per heavy atom. The van der Waals surface area contributed by atoms with Crippen LogP contribution in [-0.4, -0.2) is 11.0 Å². The van der Waals surface area contributed by atoms with Gasteiger partial charge in [-0.2, -0.15) is 0 Å². The van der Waals surface area contributed by atoms with Gasteiger partial charge in [0.05, 0.1) is 0 Å². The fourth-order valence-electron chi connectivity index (χ4n) is 0.896. The van der Waals surface area contributed by atoms with Gasteiger partial charge in [0, 0.05) is 12.5 Å². The normalized spacial score (nSPS) is 11.7. The van der Waals surface area contributed by atoms with Crippen molar-refractivity contribution < 1.29 is 14.0 Å². The largest absolute Gasteiger partial charge is 0.409 e. The molecule has 5 heteroatoms. The molecule has 0 saturated heterocycles. The molecular formula is C8H8F2N2O. The van der Waals surface area contributed by atoms with E-state index in [4.69, 9.17) is 10.9 Å². The first kappa shape index (κ1) is 9.44. The Bertz CT molecular complexity index is 339. The van der Waals surface area contributed by atoms with Crippen molar-refractivity contribution in [1.29, 1.82) is 0 Å². The Hall–Kier alpha value is -1.65. The van der Waals surface area contributed by atoms with Crippen LogP contribution in [0.3, 0.4) is 0 Å². The molecule has 3 nitrogen and oxygen atoms in total. The third kappa shape index (κ3) is 2.40. The number of benzene rings is 1. The molecule has 0 heterocycles. The molecule has 0 bridgehead atoms. The number of oxime groups is 1. The van der Waals surface area contributed by atoms with E-state index in [-0.39, 0.29) is 17.8 Å². The summed E-state index contributed by atoms with van der Waals surface area (Å²) in [7, 11) is 0. The first-order valence-electron chi connectivity index (χ1n) is 3.54. The summed E-state index contributed by atoms with van der Waals surface area (Å²) in [5.41, 5.74) is 5.34. The predicted octanol–water partition coefficient (Wildman–Crippen LogP) is 1.25. The molecule has 0 atom stereocenters. The van der Waals surface area contributed by atoms with Gasteiger partial charge in [-0.3, -0.25) is 0 Å². The van der Waals surface area contributed by atoms with Crippen molar-refractivity contribution in [2.75, 3.05) is 0 Å². The molecule has 0 aromatic heterocycles. The maximum absolute atomic E-state index is 12.9. The van der Waals surface area contributed by atoms with E-state index in [0.29, 0.717) is 0 Å². The lowest BCUT2D eigenvalue weighted by molar-refractivity contribution is 0.317. The second-order valence-corrected chi connectivity index (χ2v) is 2.50. The van der Waals surface area contributed by atoms with Crippen molar-refractivity contribution in [3.63, 3.8) is 0 Å². The van der Waals surface area contributed by atoms with Gasteiger partial charge in [0.25, 0.3) is 0 Å². The van der Waals surface area contributed by atoms with Gasteiger partial charge in [-0.05, 0) is 11.6 Å². The molecule has 13 heavy (non-hydrogen) atoms. The van der Waals surface area contributed by atoms with Crippen LogP contribution in [0.25, 0.3) is 0 Å². The summed E-state index contributed by atoms with van der Waals surface area (Å²) >= 11 is 0. The fraction of sp³-hybridized carbons (Fsp3) is 0.125. The van der Waals surface area contributed by atoms with Crippen molar-refractivity contribution in [1.82, 2.24) is 0 Å². The van der Waals surface area contributed by atoms with Gasteiger partial charge in [0.2, 0.25) is 0 Å². The fourth-order valence-corrected chi connectivity index (χ4v) is 0.896. The van der Waals surface area contributed by atoms with Crippen LogP contribution >= 0.6 is 0 Å². The lowest BCUT2D eigenvalue weighted by Gasteiger charge is -2.00. The number of hydrogen-bond donors (Lipinski definition) is 2. The highest BCUT2D eigenvalue weighted by Gasteiger charge is 2.05. The number of rotatable bonds is 2. The summed E-state index contributed by atoms with van der Waals surface area (Å²) in [6.45, 7) is 0. The van der Waals surface area contributed by atoms with Crippen LogP contribution in [0.5, 0.6) is 0 Å². The highest BCUT2D eigenvalue weighted by Crippen LogP contribution is 2.09. The topological polar surface area (TPSA) is 58.6 Å². The minimum Gasteiger partial charge on any atom is -0.409 e. The summed E-state index contributed by atoms with van der Waals surface area (Å²) < 4.78 is 25.3. The number of amidine groups is 1. The lowest BCUT2D eigenvalue weighted by atomic mass is 10.1. The number of halogens is 2. The molecule has 0 spiro atoms. The van der Waals surface area contributed by atoms with Crippen LogP contribution in [0.15, 0.2) is 23.4 Å². The molecule has 0 amide bonds. The first-order chi connectivity index (χ1) is 6.13. The monoisotopic (exact) mass is 186 g/mol. The number of nitrogens with zero attached hydrogens (tertiary/aromatic N) is 1. The molecule has 1 aromatic carbocycles. The highest BCUT2D eigenvalue weighted by molar-refractivity contribution is 5.82. The molecule has 0 aliphatic rings. The molecule has 0 aliphatic heterocycles. The van der Waals surface area contributed by atoms with Gasteiger partial charge >= 0.3 is 0 Å². The van der Waals surface area contributed by atoms with Crippen LogP contribution in [0.2, 0.25) is 0 Å². The number of hydrogen-bond acceptors (Lipinski definition) is 2. The summed E-state index contributed by atoms with van der Waals surface area (Å²) in [6, 6.07) is 3.12. The van der Waals surface area contributed by atoms with Gasteiger partial charge in [-0.1, -0.05) is 11.2 Å². The maximum atomic E-state index is 12.9. The maximum Gasteiger partial charge on any atom is 0.143 e. The summed E-state index contributed by atoms with van der Waals surface area (Å²) in [5.74, 6) is -1.47. The van der Waals surface area contributed by atoms with Gasteiger partial charge in [0.15, 0.2) is 0 Å². The Morgan fingerprint density at radius 3 is 2.69 bits per heavy atom. The molecule has 0 fully saturated rings. The zero-order valence-corrected chi connectivity index (χ0v) is 6.67. The minimum absolute atomic E-state index is 0.0391. The summed E-state index contributed by atoms with van der Waals surface area (Å²) in [4.78, 5) is 0. The van der Waals surface area contributed by atoms with E-state index < -0.39 is 11.6 Å². The van der Waals surface area contributed by atoms with Crippen molar-refractivity contribution in [2.45, 2.75) is 6.42 Å². The quantitative estimate of drug-likeness (QED) is 0.316. The lowest BCUT2D eigenvalue weighted by Crippen LogP contribution is -2.15. The molecule has 0 radical (unpaired) electrons. The van der Waals surface area contributed by atoms with Crippen LogP contribution in [0.4, 0.5) is 8.78 Å². The predicted molar refractivity (Wildman–Crippen MR) is 43.5 cm³/mol. The highest BCUT2D eigenvalue weighted by atomic mass is 19.1. The Morgan fingerprint density at radius 2 is 2.15 bits per heavy atom. The molecule has 70 valence electrons. The van der Waals surface area contributed by atoms with Gasteiger partial charge < -0.3 is 10.9 Å². The molecular weight excluding hydrogens is 178 g/mol. The second-order valence-electron chi connectivity index (χ2n) is 2.50. The van der Waals surface area contributed by atoms with Gasteiger partial charge in [-0.25, -0.2) is 8.78 Å². The SMILES string of the molecule is NC(Cc1ccc(F)cc1F)=NO. The third-order valence-electron chi connectivity index (χ3n) is 1.52. The number of nitrogens with two attached hydrogens (primary N) is 1. The third-order valence-corrected chi connectivity index (χ3v) is 1.52. The van der Waals surface area contributed by atoms with E-state index in [1.54, 1.807) is 0 Å². The second kappa shape index (κ2) is 3.84. The van der Waals surface area contributed by atoms with E-state index >= 15 is 0 Å². The van der Waals surface area contributed by atoms with Crippen molar-refractivity contribution in [3.8, 4) is 0 Å². The standard InChI is InChI=1S/C8H8F2N2O/c9-6-2-1-5(7(10)4-6)3-8(11)12-13/h1-2,4,13H,3H2,(H2,11,12). The zero-order chi connectivity index (χ0) is 9.84. The average molecular weight is 186 g/mol. The minimum atomic E-state index is -0.702. The van der Waals surface area contributed by atoms with Crippen LogP contribution in [-0.2, 0) is 6.42 Å². The molecule has 3 N–H and O–H groups in total. The molecule has 0 saturated carbocycles. The van der Waals surface area contributed by atoms with E-state index in [2.05, 4.69) is 5.16 Å². The van der Waals surface area contributed by atoms with Crippen LogP contribution < -0.4 is 5.73 Å². The molecule has 0 unspecified atom stereocenters. The van der Waals surface area contributed by atoms with Gasteiger partial charge in [0.1, 0.15) is 17.5 Å². The van der Waals surface area contributed by atoms with Crippen molar-refractivity contribution >= 4 is 5.84 Å². The molecule has 1 rings (SSSR count). The van der Waals surface area contributed by atoms with E-state index in [1.165, 1.54) is 6.07 Å². The first-order valence-corrected chi connectivity index (χ1v) is 3.54. The summed E-state index contributed by atoms with van der Waals surface area (Å²) in [5, 5.41) is 10.9. The summed E-state index contributed by atoms with van der Waals surface area (Å²) in [6.07, 6.45) is -0.0391. The zero-order valence-electron chi connectivity index (χ0n) is 6.67. The van der Waals surface area contributed by atoms with Crippen LogP contribution in [0.1, 0.15) is 5.56 Å². The Labute approximate surface area is 73.5 Å². The van der Waals surface area contributed by atoms with E-state index in [1.807, 2.05) is 0 Å².